The first-order valence-electron chi connectivity index (χ1n) is 7.91. The molecule has 1 aliphatic rings. The Labute approximate surface area is 156 Å². The summed E-state index contributed by atoms with van der Waals surface area (Å²) in [7, 11) is 0. The zero-order valence-electron chi connectivity index (χ0n) is 13.9. The van der Waals surface area contributed by atoms with Crippen LogP contribution in [0.3, 0.4) is 0 Å². The minimum absolute atomic E-state index is 0. The van der Waals surface area contributed by atoms with Crippen molar-refractivity contribution in [2.45, 2.75) is 33.2 Å². The van der Waals surface area contributed by atoms with Gasteiger partial charge in [-0.3, -0.25) is 0 Å². The number of benzene rings is 1. The molecule has 0 heterocycles. The number of guanidine groups is 1. The van der Waals surface area contributed by atoms with E-state index in [1.165, 1.54) is 18.4 Å². The van der Waals surface area contributed by atoms with E-state index in [1.54, 1.807) is 0 Å². The molecule has 4 nitrogen and oxygen atoms in total. The van der Waals surface area contributed by atoms with Crippen molar-refractivity contribution >= 4 is 29.9 Å². The van der Waals surface area contributed by atoms with E-state index in [-0.39, 0.29) is 24.0 Å². The number of aryl methyl sites for hydroxylation is 1. The largest absolute Gasteiger partial charge is 0.493 e. The fourth-order valence-corrected chi connectivity index (χ4v) is 2.06. The molecule has 0 bridgehead atoms. The maximum atomic E-state index is 5.97. The van der Waals surface area contributed by atoms with E-state index in [4.69, 9.17) is 11.2 Å². The lowest BCUT2D eigenvalue weighted by atomic mass is 10.1. The first kappa shape index (κ1) is 19.6. The molecule has 1 aromatic rings. The number of aliphatic imine (C=N–C) groups is 1. The molecule has 0 spiro atoms. The van der Waals surface area contributed by atoms with Crippen molar-refractivity contribution in [2.75, 3.05) is 19.7 Å². The fourth-order valence-electron chi connectivity index (χ4n) is 2.06. The van der Waals surface area contributed by atoms with E-state index < -0.39 is 0 Å². The van der Waals surface area contributed by atoms with E-state index >= 15 is 0 Å². The Morgan fingerprint density at radius 3 is 2.83 bits per heavy atom. The first-order valence-corrected chi connectivity index (χ1v) is 7.91. The van der Waals surface area contributed by atoms with Crippen LogP contribution in [-0.2, 0) is 6.54 Å². The van der Waals surface area contributed by atoms with Crippen molar-refractivity contribution in [1.82, 2.24) is 10.6 Å². The lowest BCUT2D eigenvalue weighted by Crippen LogP contribution is -2.37. The van der Waals surface area contributed by atoms with Crippen LogP contribution in [0.5, 0.6) is 5.75 Å². The predicted molar refractivity (Wildman–Crippen MR) is 106 cm³/mol. The van der Waals surface area contributed by atoms with Crippen LogP contribution in [0.2, 0.25) is 0 Å². The van der Waals surface area contributed by atoms with Gasteiger partial charge >= 0.3 is 0 Å². The molecule has 1 aromatic carbocycles. The molecule has 0 saturated heterocycles. The van der Waals surface area contributed by atoms with Crippen molar-refractivity contribution in [3.05, 3.63) is 29.3 Å². The molecule has 2 rings (SSSR count). The summed E-state index contributed by atoms with van der Waals surface area (Å²) in [6, 6.07) is 6.28. The van der Waals surface area contributed by atoms with Gasteiger partial charge in [0.2, 0.25) is 0 Å². The summed E-state index contributed by atoms with van der Waals surface area (Å²) >= 11 is 0. The van der Waals surface area contributed by atoms with E-state index in [1.807, 2.05) is 6.92 Å². The Morgan fingerprint density at radius 1 is 1.39 bits per heavy atom. The molecule has 0 radical (unpaired) electrons. The lowest BCUT2D eigenvalue weighted by Gasteiger charge is -2.12. The van der Waals surface area contributed by atoms with Crippen LogP contribution in [0, 0.1) is 25.2 Å². The highest BCUT2D eigenvalue weighted by atomic mass is 127. The summed E-state index contributed by atoms with van der Waals surface area (Å²) in [6.45, 7) is 6.76. The highest BCUT2D eigenvalue weighted by Gasteiger charge is 2.22. The summed E-state index contributed by atoms with van der Waals surface area (Å²) < 4.78 is 5.97. The molecule has 0 unspecified atom stereocenters. The second-order valence-corrected chi connectivity index (χ2v) is 5.62. The smallest absolute Gasteiger partial charge is 0.192 e. The molecule has 1 aliphatic carbocycles. The van der Waals surface area contributed by atoms with E-state index in [9.17, 15) is 0 Å². The predicted octanol–water partition coefficient (Wildman–Crippen LogP) is 3.09. The van der Waals surface area contributed by atoms with Crippen LogP contribution in [0.25, 0.3) is 0 Å². The maximum absolute atomic E-state index is 5.97. The van der Waals surface area contributed by atoms with Crippen LogP contribution in [-0.4, -0.2) is 25.7 Å². The fraction of sp³-hybridized carbons (Fsp3) is 0.500. The van der Waals surface area contributed by atoms with Crippen molar-refractivity contribution in [2.24, 2.45) is 10.9 Å². The standard InChI is InChI=1S/C18H25N3O.HI/c1-4-10-20-18(19-5-2)21-12-16-9-6-14(3)11-17(16)22-13-15-7-8-15;/h1,6,9,11,15H,5,7-8,10,12-13H2,2-3H3,(H2,19,20,21);1H. The van der Waals surface area contributed by atoms with Crippen molar-refractivity contribution in [3.63, 3.8) is 0 Å². The number of nitrogens with one attached hydrogen (secondary N) is 2. The molecule has 23 heavy (non-hydrogen) atoms. The average Bonchev–Trinajstić information content (AvgIpc) is 3.33. The van der Waals surface area contributed by atoms with Gasteiger partial charge in [-0.2, -0.15) is 0 Å². The molecule has 1 fully saturated rings. The summed E-state index contributed by atoms with van der Waals surface area (Å²) in [5, 5.41) is 6.27. The molecule has 0 aromatic heterocycles. The molecule has 2 N–H and O–H groups in total. The van der Waals surface area contributed by atoms with Gasteiger partial charge in [0, 0.05) is 12.1 Å². The number of halogens is 1. The van der Waals surface area contributed by atoms with Gasteiger partial charge in [0.05, 0.1) is 19.7 Å². The SMILES string of the molecule is C#CCNC(=NCc1ccc(C)cc1OCC1CC1)NCC.I. The number of ether oxygens (including phenoxy) is 1. The monoisotopic (exact) mass is 427 g/mol. The number of rotatable bonds is 7. The molecule has 126 valence electrons. The average molecular weight is 427 g/mol. The minimum Gasteiger partial charge on any atom is -0.493 e. The van der Waals surface area contributed by atoms with Crippen LogP contribution >= 0.6 is 24.0 Å². The Balaban J connectivity index is 0.00000264. The van der Waals surface area contributed by atoms with Gasteiger partial charge in [0.15, 0.2) is 5.96 Å². The number of nitrogens with zero attached hydrogens (tertiary/aromatic N) is 1. The third-order valence-corrected chi connectivity index (χ3v) is 3.50. The molecule has 0 aliphatic heterocycles. The third-order valence-electron chi connectivity index (χ3n) is 3.50. The normalized spacial score (nSPS) is 13.7. The lowest BCUT2D eigenvalue weighted by molar-refractivity contribution is 0.296. The molecule has 0 amide bonds. The number of hydrogen-bond donors (Lipinski definition) is 2. The summed E-state index contributed by atoms with van der Waals surface area (Å²) in [5.74, 6) is 4.98. The summed E-state index contributed by atoms with van der Waals surface area (Å²) in [6.07, 6.45) is 7.86. The van der Waals surface area contributed by atoms with Crippen molar-refractivity contribution in [1.29, 1.82) is 0 Å². The maximum Gasteiger partial charge on any atom is 0.192 e. The highest BCUT2D eigenvalue weighted by molar-refractivity contribution is 14.0. The quantitative estimate of drug-likeness (QED) is 0.304. The second-order valence-electron chi connectivity index (χ2n) is 5.62. The van der Waals surface area contributed by atoms with Crippen LogP contribution in [0.1, 0.15) is 30.9 Å². The molecular weight excluding hydrogens is 401 g/mol. The van der Waals surface area contributed by atoms with Gasteiger partial charge in [-0.1, -0.05) is 18.1 Å². The highest BCUT2D eigenvalue weighted by Crippen LogP contribution is 2.30. The van der Waals surface area contributed by atoms with Crippen LogP contribution in [0.15, 0.2) is 23.2 Å². The zero-order valence-corrected chi connectivity index (χ0v) is 16.2. The number of terminal acetylenes is 1. The molecule has 1 saturated carbocycles. The van der Waals surface area contributed by atoms with E-state index in [0.717, 1.165) is 36.3 Å². The zero-order chi connectivity index (χ0) is 15.8. The molecular formula is C18H26IN3O. The van der Waals surface area contributed by atoms with E-state index in [2.05, 4.69) is 46.7 Å². The summed E-state index contributed by atoms with van der Waals surface area (Å²) in [5.41, 5.74) is 2.31. The third kappa shape index (κ3) is 7.12. The van der Waals surface area contributed by atoms with Crippen LogP contribution in [0.4, 0.5) is 0 Å². The summed E-state index contributed by atoms with van der Waals surface area (Å²) in [4.78, 5) is 4.57. The Hall–Kier alpha value is -1.42. The molecule has 5 heteroatoms. The molecule has 0 atom stereocenters. The van der Waals surface area contributed by atoms with Gasteiger partial charge in [0.1, 0.15) is 5.75 Å². The van der Waals surface area contributed by atoms with Gasteiger partial charge in [0.25, 0.3) is 0 Å². The Bertz CT molecular complexity index is 562. The van der Waals surface area contributed by atoms with Crippen LogP contribution < -0.4 is 15.4 Å². The minimum atomic E-state index is 0. The number of hydrogen-bond acceptors (Lipinski definition) is 2. The van der Waals surface area contributed by atoms with Crippen molar-refractivity contribution < 1.29 is 4.74 Å². The van der Waals surface area contributed by atoms with Gasteiger partial charge in [-0.15, -0.1) is 30.4 Å². The Morgan fingerprint density at radius 2 is 2.17 bits per heavy atom. The first-order chi connectivity index (χ1) is 10.7. The van der Waals surface area contributed by atoms with Gasteiger partial charge < -0.3 is 15.4 Å². The van der Waals surface area contributed by atoms with Crippen molar-refractivity contribution in [3.8, 4) is 18.1 Å². The topological polar surface area (TPSA) is 45.7 Å². The van der Waals surface area contributed by atoms with Gasteiger partial charge in [-0.05, 0) is 44.2 Å². The van der Waals surface area contributed by atoms with E-state index in [0.29, 0.717) is 13.1 Å². The second kappa shape index (κ2) is 10.4. The van der Waals surface area contributed by atoms with Gasteiger partial charge in [-0.25, -0.2) is 4.99 Å². The Kier molecular flexibility index (Phi) is 8.85.